The van der Waals surface area contributed by atoms with Crippen molar-refractivity contribution in [2.75, 3.05) is 60.3 Å². The average Bonchev–Trinajstić information content (AvgIpc) is 3.00. The summed E-state index contributed by atoms with van der Waals surface area (Å²) < 4.78 is 20.8. The minimum Gasteiger partial charge on any atom is -0.469 e. The molecule has 1 saturated heterocycles. The van der Waals surface area contributed by atoms with Gasteiger partial charge in [0, 0.05) is 40.0 Å². The number of ether oxygens (including phenoxy) is 4. The molecular formula is C15H29NO5. The molecule has 1 unspecified atom stereocenters. The van der Waals surface area contributed by atoms with Crippen LogP contribution in [0.25, 0.3) is 0 Å². The van der Waals surface area contributed by atoms with Gasteiger partial charge in [-0.05, 0) is 19.3 Å². The lowest BCUT2D eigenvalue weighted by atomic mass is 10.2. The van der Waals surface area contributed by atoms with Gasteiger partial charge in [0.1, 0.15) is 0 Å². The lowest BCUT2D eigenvalue weighted by Crippen LogP contribution is -2.35. The van der Waals surface area contributed by atoms with Gasteiger partial charge in [0.25, 0.3) is 0 Å². The van der Waals surface area contributed by atoms with Crippen LogP contribution >= 0.6 is 0 Å². The van der Waals surface area contributed by atoms with Crippen LogP contribution in [-0.2, 0) is 23.7 Å². The molecule has 1 rings (SSSR count). The van der Waals surface area contributed by atoms with E-state index in [9.17, 15) is 4.79 Å². The summed E-state index contributed by atoms with van der Waals surface area (Å²) >= 11 is 0. The highest BCUT2D eigenvalue weighted by Crippen LogP contribution is 2.13. The SMILES string of the molecule is COCCOCCCN(CCC(=O)OC)CC1CCCO1. The molecule has 0 aliphatic carbocycles. The summed E-state index contributed by atoms with van der Waals surface area (Å²) in [6.45, 7) is 5.33. The zero-order chi connectivity index (χ0) is 15.3. The molecule has 21 heavy (non-hydrogen) atoms. The summed E-state index contributed by atoms with van der Waals surface area (Å²) in [7, 11) is 3.09. The summed E-state index contributed by atoms with van der Waals surface area (Å²) in [5.41, 5.74) is 0. The van der Waals surface area contributed by atoms with Crippen LogP contribution < -0.4 is 0 Å². The first kappa shape index (κ1) is 18.4. The lowest BCUT2D eigenvalue weighted by molar-refractivity contribution is -0.141. The second kappa shape index (κ2) is 11.9. The van der Waals surface area contributed by atoms with Crippen LogP contribution in [0.4, 0.5) is 0 Å². The molecule has 0 aromatic carbocycles. The Morgan fingerprint density at radius 3 is 2.76 bits per heavy atom. The number of esters is 1. The minimum atomic E-state index is -0.163. The summed E-state index contributed by atoms with van der Waals surface area (Å²) in [4.78, 5) is 13.6. The third-order valence-corrected chi connectivity index (χ3v) is 3.54. The second-order valence-corrected chi connectivity index (χ2v) is 5.22. The Balaban J connectivity index is 2.20. The Kier molecular flexibility index (Phi) is 10.4. The predicted molar refractivity (Wildman–Crippen MR) is 79.4 cm³/mol. The fourth-order valence-electron chi connectivity index (χ4n) is 2.36. The number of methoxy groups -OCH3 is 2. The van der Waals surface area contributed by atoms with Crippen LogP contribution in [-0.4, -0.2) is 77.3 Å². The van der Waals surface area contributed by atoms with Crippen molar-refractivity contribution in [1.82, 2.24) is 4.90 Å². The van der Waals surface area contributed by atoms with E-state index < -0.39 is 0 Å². The fourth-order valence-corrected chi connectivity index (χ4v) is 2.36. The van der Waals surface area contributed by atoms with Crippen LogP contribution in [0.5, 0.6) is 0 Å². The van der Waals surface area contributed by atoms with Crippen molar-refractivity contribution in [3.8, 4) is 0 Å². The first-order chi connectivity index (χ1) is 10.3. The Hall–Kier alpha value is -0.690. The second-order valence-electron chi connectivity index (χ2n) is 5.22. The van der Waals surface area contributed by atoms with Gasteiger partial charge in [0.05, 0.1) is 32.8 Å². The molecule has 0 amide bonds. The van der Waals surface area contributed by atoms with Crippen LogP contribution in [0.3, 0.4) is 0 Å². The highest BCUT2D eigenvalue weighted by molar-refractivity contribution is 5.69. The molecule has 6 nitrogen and oxygen atoms in total. The Morgan fingerprint density at radius 1 is 1.24 bits per heavy atom. The highest BCUT2D eigenvalue weighted by atomic mass is 16.5. The molecule has 1 aliphatic rings. The topological polar surface area (TPSA) is 57.2 Å². The molecule has 1 heterocycles. The molecule has 1 atom stereocenters. The maximum absolute atomic E-state index is 11.3. The first-order valence-electron chi connectivity index (χ1n) is 7.73. The van der Waals surface area contributed by atoms with Crippen LogP contribution in [0.15, 0.2) is 0 Å². The van der Waals surface area contributed by atoms with E-state index in [2.05, 4.69) is 4.90 Å². The lowest BCUT2D eigenvalue weighted by Gasteiger charge is -2.24. The van der Waals surface area contributed by atoms with E-state index >= 15 is 0 Å². The fraction of sp³-hybridized carbons (Fsp3) is 0.933. The van der Waals surface area contributed by atoms with Crippen molar-refractivity contribution in [2.45, 2.75) is 31.8 Å². The zero-order valence-corrected chi connectivity index (χ0v) is 13.3. The normalized spacial score (nSPS) is 18.3. The monoisotopic (exact) mass is 303 g/mol. The molecule has 0 spiro atoms. The summed E-state index contributed by atoms with van der Waals surface area (Å²) in [5, 5.41) is 0. The Labute approximate surface area is 127 Å². The summed E-state index contributed by atoms with van der Waals surface area (Å²) in [6.07, 6.45) is 3.91. The van der Waals surface area contributed by atoms with E-state index in [0.717, 1.165) is 39.0 Å². The average molecular weight is 303 g/mol. The summed E-state index contributed by atoms with van der Waals surface area (Å²) in [5.74, 6) is -0.163. The van der Waals surface area contributed by atoms with E-state index in [0.29, 0.717) is 38.9 Å². The molecule has 0 N–H and O–H groups in total. The van der Waals surface area contributed by atoms with Crippen molar-refractivity contribution < 1.29 is 23.7 Å². The zero-order valence-electron chi connectivity index (χ0n) is 13.3. The molecule has 0 bridgehead atoms. The van der Waals surface area contributed by atoms with E-state index in [1.165, 1.54) is 7.11 Å². The number of hydrogen-bond acceptors (Lipinski definition) is 6. The maximum Gasteiger partial charge on any atom is 0.306 e. The van der Waals surface area contributed by atoms with Crippen molar-refractivity contribution >= 4 is 5.97 Å². The molecule has 1 fully saturated rings. The molecule has 124 valence electrons. The first-order valence-corrected chi connectivity index (χ1v) is 7.73. The van der Waals surface area contributed by atoms with Gasteiger partial charge in [-0.3, -0.25) is 4.79 Å². The minimum absolute atomic E-state index is 0.163. The van der Waals surface area contributed by atoms with E-state index in [1.54, 1.807) is 7.11 Å². The van der Waals surface area contributed by atoms with Crippen molar-refractivity contribution in [3.05, 3.63) is 0 Å². The Bertz CT molecular complexity index is 269. The van der Waals surface area contributed by atoms with Crippen LogP contribution in [0.2, 0.25) is 0 Å². The summed E-state index contributed by atoms with van der Waals surface area (Å²) in [6, 6.07) is 0. The van der Waals surface area contributed by atoms with Crippen molar-refractivity contribution in [2.24, 2.45) is 0 Å². The smallest absolute Gasteiger partial charge is 0.306 e. The number of rotatable bonds is 12. The van der Waals surface area contributed by atoms with Crippen molar-refractivity contribution in [1.29, 1.82) is 0 Å². The largest absolute Gasteiger partial charge is 0.469 e. The van der Waals surface area contributed by atoms with Gasteiger partial charge in [0.2, 0.25) is 0 Å². The predicted octanol–water partition coefficient (Wildman–Crippen LogP) is 1.08. The van der Waals surface area contributed by atoms with Gasteiger partial charge in [0.15, 0.2) is 0 Å². The van der Waals surface area contributed by atoms with Gasteiger partial charge < -0.3 is 23.8 Å². The number of carbonyl (C=O) groups is 1. The highest BCUT2D eigenvalue weighted by Gasteiger charge is 2.19. The van der Waals surface area contributed by atoms with Crippen LogP contribution in [0.1, 0.15) is 25.7 Å². The molecule has 0 aromatic rings. The molecule has 0 radical (unpaired) electrons. The standard InChI is InChI=1S/C15H29NO5/c1-18-11-12-20-9-4-7-16(8-6-15(17)19-2)13-14-5-3-10-21-14/h14H,3-13H2,1-2H3. The number of hydrogen-bond donors (Lipinski definition) is 0. The van der Waals surface area contributed by atoms with E-state index in [1.807, 2.05) is 0 Å². The number of carbonyl (C=O) groups excluding carboxylic acids is 1. The third-order valence-electron chi connectivity index (χ3n) is 3.54. The molecule has 6 heteroatoms. The van der Waals surface area contributed by atoms with E-state index in [4.69, 9.17) is 18.9 Å². The molecular weight excluding hydrogens is 274 g/mol. The van der Waals surface area contributed by atoms with Gasteiger partial charge in [-0.15, -0.1) is 0 Å². The van der Waals surface area contributed by atoms with Gasteiger partial charge in [-0.1, -0.05) is 0 Å². The van der Waals surface area contributed by atoms with Gasteiger partial charge >= 0.3 is 5.97 Å². The number of nitrogens with zero attached hydrogens (tertiary/aromatic N) is 1. The molecule has 1 aliphatic heterocycles. The van der Waals surface area contributed by atoms with E-state index in [-0.39, 0.29) is 5.97 Å². The molecule has 0 saturated carbocycles. The third kappa shape index (κ3) is 9.03. The quantitative estimate of drug-likeness (QED) is 0.397. The molecule has 0 aromatic heterocycles. The maximum atomic E-state index is 11.3. The van der Waals surface area contributed by atoms with Crippen LogP contribution in [0, 0.1) is 0 Å². The Morgan fingerprint density at radius 2 is 2.10 bits per heavy atom. The van der Waals surface area contributed by atoms with Crippen molar-refractivity contribution in [3.63, 3.8) is 0 Å². The van der Waals surface area contributed by atoms with Gasteiger partial charge in [-0.25, -0.2) is 0 Å². The van der Waals surface area contributed by atoms with Gasteiger partial charge in [-0.2, -0.15) is 0 Å².